The van der Waals surface area contributed by atoms with Crippen LogP contribution in [0.1, 0.15) is 0 Å². The van der Waals surface area contributed by atoms with Gasteiger partial charge in [-0.25, -0.2) is 0 Å². The highest BCUT2D eigenvalue weighted by Crippen LogP contribution is 2.35. The van der Waals surface area contributed by atoms with Crippen LogP contribution in [0.2, 0.25) is 30.7 Å². The molecule has 2 aromatic rings. The summed E-state index contributed by atoms with van der Waals surface area (Å²) in [7, 11) is 0.637. The summed E-state index contributed by atoms with van der Waals surface area (Å²) in [6.07, 6.45) is 4.11. The van der Waals surface area contributed by atoms with E-state index in [1.165, 1.54) is 6.04 Å². The Kier molecular flexibility index (Phi) is 6.65. The fourth-order valence-corrected chi connectivity index (χ4v) is 3.83. The van der Waals surface area contributed by atoms with Gasteiger partial charge in [-0.15, -0.1) is 0 Å². The Labute approximate surface area is 148 Å². The molecular formula is C17H24ClNO2SSi. The van der Waals surface area contributed by atoms with Crippen molar-refractivity contribution in [3.63, 3.8) is 0 Å². The summed E-state index contributed by atoms with van der Waals surface area (Å²) in [5.41, 5.74) is 0. The number of hydrogen-bond acceptors (Lipinski definition) is 3. The van der Waals surface area contributed by atoms with Crippen molar-refractivity contribution in [3.05, 3.63) is 41.7 Å². The van der Waals surface area contributed by atoms with Crippen molar-refractivity contribution >= 4 is 31.4 Å². The molecule has 0 N–H and O–H groups in total. The van der Waals surface area contributed by atoms with Gasteiger partial charge in [0.2, 0.25) is 0 Å². The minimum Gasteiger partial charge on any atom is -0.497 e. The van der Waals surface area contributed by atoms with E-state index in [1.807, 2.05) is 24.4 Å². The molecule has 1 heterocycles. The van der Waals surface area contributed by atoms with Crippen LogP contribution in [0.5, 0.6) is 5.75 Å². The third-order valence-electron chi connectivity index (χ3n) is 3.33. The molecule has 0 atom stereocenters. The van der Waals surface area contributed by atoms with Gasteiger partial charge in [0.15, 0.2) is 0 Å². The molecule has 0 aliphatic carbocycles. The van der Waals surface area contributed by atoms with Gasteiger partial charge in [0, 0.05) is 36.9 Å². The Morgan fingerprint density at radius 1 is 1.22 bits per heavy atom. The average molecular weight is 370 g/mol. The molecule has 0 bridgehead atoms. The monoisotopic (exact) mass is 369 g/mol. The van der Waals surface area contributed by atoms with Gasteiger partial charge in [-0.2, -0.15) is 0 Å². The highest BCUT2D eigenvalue weighted by Gasteiger charge is 2.12. The molecule has 0 aliphatic rings. The predicted octanol–water partition coefficient (Wildman–Crippen LogP) is 5.61. The quantitative estimate of drug-likeness (QED) is 0.446. The van der Waals surface area contributed by atoms with Gasteiger partial charge >= 0.3 is 0 Å². The van der Waals surface area contributed by atoms with Gasteiger partial charge in [-0.1, -0.05) is 43.0 Å². The summed E-state index contributed by atoms with van der Waals surface area (Å²) < 4.78 is 13.1. The SMILES string of the molecule is COc1ccc(Cl)c(Sc2ccn(COCC[Si](C)(C)C)c2)c1. The first-order valence-electron chi connectivity index (χ1n) is 7.62. The first-order chi connectivity index (χ1) is 10.9. The summed E-state index contributed by atoms with van der Waals surface area (Å²) in [6.45, 7) is 8.50. The molecule has 2 rings (SSSR count). The fraction of sp³-hybridized carbons (Fsp3) is 0.412. The predicted molar refractivity (Wildman–Crippen MR) is 101 cm³/mol. The lowest BCUT2D eigenvalue weighted by Crippen LogP contribution is -2.21. The average Bonchev–Trinajstić information content (AvgIpc) is 2.92. The molecule has 0 saturated carbocycles. The Hall–Kier alpha value is -0.883. The minimum atomic E-state index is -1.02. The van der Waals surface area contributed by atoms with Crippen LogP contribution in [0.25, 0.3) is 0 Å². The molecule has 0 fully saturated rings. The topological polar surface area (TPSA) is 23.4 Å². The van der Waals surface area contributed by atoms with Gasteiger partial charge in [0.25, 0.3) is 0 Å². The van der Waals surface area contributed by atoms with E-state index in [1.54, 1.807) is 18.9 Å². The molecule has 0 radical (unpaired) electrons. The van der Waals surface area contributed by atoms with E-state index in [9.17, 15) is 0 Å². The van der Waals surface area contributed by atoms with Crippen molar-refractivity contribution in [2.24, 2.45) is 0 Å². The summed E-state index contributed by atoms with van der Waals surface area (Å²) in [5.74, 6) is 0.811. The summed E-state index contributed by atoms with van der Waals surface area (Å²) in [4.78, 5) is 2.12. The standard InChI is InChI=1S/C17H24ClNO2SSi/c1-20-14-5-6-16(18)17(11-14)22-15-7-8-19(12-15)13-21-9-10-23(2,3)4/h5-8,11-12H,9-10,13H2,1-4H3. The number of nitrogens with zero attached hydrogens (tertiary/aromatic N) is 1. The summed E-state index contributed by atoms with van der Waals surface area (Å²) in [5, 5.41) is 0.731. The van der Waals surface area contributed by atoms with Crippen molar-refractivity contribution in [1.29, 1.82) is 0 Å². The maximum Gasteiger partial charge on any atom is 0.122 e. The number of halogens is 1. The second-order valence-electron chi connectivity index (χ2n) is 6.61. The molecule has 0 spiro atoms. The molecule has 0 aliphatic heterocycles. The number of aromatic nitrogens is 1. The van der Waals surface area contributed by atoms with Crippen molar-refractivity contribution in [2.75, 3.05) is 13.7 Å². The molecule has 0 amide bonds. The van der Waals surface area contributed by atoms with E-state index in [0.29, 0.717) is 6.73 Å². The molecule has 1 aromatic carbocycles. The van der Waals surface area contributed by atoms with Crippen LogP contribution in [0.15, 0.2) is 46.5 Å². The number of ether oxygens (including phenoxy) is 2. The zero-order chi connectivity index (χ0) is 16.9. The van der Waals surface area contributed by atoms with Crippen LogP contribution in [-0.4, -0.2) is 26.4 Å². The van der Waals surface area contributed by atoms with Crippen LogP contribution in [-0.2, 0) is 11.5 Å². The van der Waals surface area contributed by atoms with Gasteiger partial charge in [-0.05, 0) is 30.3 Å². The molecule has 0 saturated heterocycles. The Bertz CT molecular complexity index is 640. The van der Waals surface area contributed by atoms with Crippen molar-refractivity contribution in [1.82, 2.24) is 4.57 Å². The second-order valence-corrected chi connectivity index (χ2v) is 13.8. The highest BCUT2D eigenvalue weighted by molar-refractivity contribution is 7.99. The Morgan fingerprint density at radius 2 is 2.00 bits per heavy atom. The molecule has 126 valence electrons. The largest absolute Gasteiger partial charge is 0.497 e. The van der Waals surface area contributed by atoms with Crippen LogP contribution in [0, 0.1) is 0 Å². The van der Waals surface area contributed by atoms with E-state index in [0.717, 1.165) is 27.2 Å². The van der Waals surface area contributed by atoms with Crippen molar-refractivity contribution in [3.8, 4) is 5.75 Å². The maximum absolute atomic E-state index is 6.25. The Morgan fingerprint density at radius 3 is 2.70 bits per heavy atom. The van der Waals surface area contributed by atoms with Gasteiger partial charge in [-0.3, -0.25) is 0 Å². The van der Waals surface area contributed by atoms with Crippen LogP contribution in [0.3, 0.4) is 0 Å². The lowest BCUT2D eigenvalue weighted by molar-refractivity contribution is 0.0873. The Balaban J connectivity index is 1.90. The van der Waals surface area contributed by atoms with E-state index in [-0.39, 0.29) is 0 Å². The maximum atomic E-state index is 6.25. The van der Waals surface area contributed by atoms with Crippen molar-refractivity contribution in [2.45, 2.75) is 42.2 Å². The summed E-state index contributed by atoms with van der Waals surface area (Å²) >= 11 is 7.88. The minimum absolute atomic E-state index is 0.594. The second kappa shape index (κ2) is 8.28. The molecule has 3 nitrogen and oxygen atoms in total. The van der Waals surface area contributed by atoms with E-state index in [2.05, 4.69) is 36.5 Å². The third kappa shape index (κ3) is 6.26. The van der Waals surface area contributed by atoms with E-state index in [4.69, 9.17) is 21.1 Å². The zero-order valence-corrected chi connectivity index (χ0v) is 16.7. The normalized spacial score (nSPS) is 11.7. The number of benzene rings is 1. The van der Waals surface area contributed by atoms with Gasteiger partial charge in [0.1, 0.15) is 12.5 Å². The molecular weight excluding hydrogens is 346 g/mol. The highest BCUT2D eigenvalue weighted by atomic mass is 35.5. The van der Waals surface area contributed by atoms with Gasteiger partial charge in [0.05, 0.1) is 12.1 Å². The smallest absolute Gasteiger partial charge is 0.122 e. The molecule has 23 heavy (non-hydrogen) atoms. The van der Waals surface area contributed by atoms with E-state index >= 15 is 0 Å². The fourth-order valence-electron chi connectivity index (χ4n) is 1.92. The third-order valence-corrected chi connectivity index (χ3v) is 6.51. The first kappa shape index (κ1) is 18.5. The zero-order valence-electron chi connectivity index (χ0n) is 14.1. The van der Waals surface area contributed by atoms with Gasteiger partial charge < -0.3 is 14.0 Å². The molecule has 1 aromatic heterocycles. The van der Waals surface area contributed by atoms with Crippen LogP contribution >= 0.6 is 23.4 Å². The van der Waals surface area contributed by atoms with E-state index < -0.39 is 8.07 Å². The van der Waals surface area contributed by atoms with Crippen LogP contribution in [0.4, 0.5) is 0 Å². The molecule has 6 heteroatoms. The number of methoxy groups -OCH3 is 1. The lowest BCUT2D eigenvalue weighted by Gasteiger charge is -2.15. The van der Waals surface area contributed by atoms with Crippen LogP contribution < -0.4 is 4.74 Å². The number of rotatable bonds is 8. The molecule has 0 unspecified atom stereocenters. The summed E-state index contributed by atoms with van der Waals surface area (Å²) in [6, 6.07) is 8.94. The first-order valence-corrected chi connectivity index (χ1v) is 12.5. The van der Waals surface area contributed by atoms with Crippen molar-refractivity contribution < 1.29 is 9.47 Å². The number of hydrogen-bond donors (Lipinski definition) is 0. The lowest BCUT2D eigenvalue weighted by atomic mass is 10.3.